The van der Waals surface area contributed by atoms with Gasteiger partial charge in [-0.1, -0.05) is 0 Å². The number of Topliss-reactive ketones (excluding diaryl/α,β-unsaturated/α-hetero) is 1. The summed E-state index contributed by atoms with van der Waals surface area (Å²) >= 11 is 0. The standard InChI is InChI=1S/C9H19NO3/c1-9(2,7-11)10(3)5-8(12)6-13-4/h11H,5-7H2,1-4H3. The van der Waals surface area contributed by atoms with E-state index in [0.717, 1.165) is 0 Å². The number of ether oxygens (including phenoxy) is 1. The minimum absolute atomic E-state index is 0.0199. The molecule has 0 aliphatic heterocycles. The van der Waals surface area contributed by atoms with Crippen LogP contribution in [0.15, 0.2) is 0 Å². The molecule has 0 amide bonds. The summed E-state index contributed by atoms with van der Waals surface area (Å²) in [5.74, 6) is 0.0199. The monoisotopic (exact) mass is 189 g/mol. The van der Waals surface area contributed by atoms with Crippen LogP contribution in [0.4, 0.5) is 0 Å². The van der Waals surface area contributed by atoms with Crippen LogP contribution in [0, 0.1) is 0 Å². The summed E-state index contributed by atoms with van der Waals surface area (Å²) in [6, 6.07) is 0. The van der Waals surface area contributed by atoms with E-state index in [0.29, 0.717) is 6.54 Å². The van der Waals surface area contributed by atoms with Gasteiger partial charge in [0, 0.05) is 12.6 Å². The van der Waals surface area contributed by atoms with Crippen LogP contribution < -0.4 is 0 Å². The topological polar surface area (TPSA) is 49.8 Å². The van der Waals surface area contributed by atoms with E-state index in [-0.39, 0.29) is 24.5 Å². The number of ketones is 1. The first-order chi connectivity index (χ1) is 5.94. The molecule has 0 atom stereocenters. The Balaban J connectivity index is 3.99. The smallest absolute Gasteiger partial charge is 0.172 e. The number of hydrogen-bond donors (Lipinski definition) is 1. The SMILES string of the molecule is COCC(=O)CN(C)C(C)(C)CO. The third kappa shape index (κ3) is 4.36. The summed E-state index contributed by atoms with van der Waals surface area (Å²) in [7, 11) is 3.30. The predicted molar refractivity (Wildman–Crippen MR) is 50.7 cm³/mol. The number of nitrogens with zero attached hydrogens (tertiary/aromatic N) is 1. The van der Waals surface area contributed by atoms with E-state index < -0.39 is 0 Å². The summed E-state index contributed by atoms with van der Waals surface area (Å²) in [6.45, 7) is 4.23. The molecule has 4 heteroatoms. The maximum Gasteiger partial charge on any atom is 0.172 e. The molecule has 13 heavy (non-hydrogen) atoms. The lowest BCUT2D eigenvalue weighted by atomic mass is 10.1. The van der Waals surface area contributed by atoms with Gasteiger partial charge in [0.25, 0.3) is 0 Å². The number of aliphatic hydroxyl groups is 1. The molecule has 4 nitrogen and oxygen atoms in total. The molecule has 0 aliphatic rings. The van der Waals surface area contributed by atoms with Crippen LogP contribution >= 0.6 is 0 Å². The van der Waals surface area contributed by atoms with Crippen molar-refractivity contribution in [3.63, 3.8) is 0 Å². The number of likely N-dealkylation sites (N-methyl/N-ethyl adjacent to an activating group) is 1. The first kappa shape index (κ1) is 12.6. The van der Waals surface area contributed by atoms with Crippen LogP contribution in [0.5, 0.6) is 0 Å². The zero-order valence-corrected chi connectivity index (χ0v) is 8.83. The van der Waals surface area contributed by atoms with Gasteiger partial charge in [-0.2, -0.15) is 0 Å². The lowest BCUT2D eigenvalue weighted by Gasteiger charge is -2.33. The predicted octanol–water partition coefficient (Wildman–Crippen LogP) is -0.0954. The molecule has 0 aromatic rings. The average molecular weight is 189 g/mol. The lowest BCUT2D eigenvalue weighted by molar-refractivity contribution is -0.125. The molecule has 0 saturated heterocycles. The summed E-state index contributed by atoms with van der Waals surface area (Å²) in [5.41, 5.74) is -0.358. The van der Waals surface area contributed by atoms with Crippen molar-refractivity contribution in [3.8, 4) is 0 Å². The highest BCUT2D eigenvalue weighted by atomic mass is 16.5. The van der Waals surface area contributed by atoms with Gasteiger partial charge in [-0.25, -0.2) is 0 Å². The molecule has 0 unspecified atom stereocenters. The summed E-state index contributed by atoms with van der Waals surface area (Å²) in [6.07, 6.45) is 0. The van der Waals surface area contributed by atoms with Crippen molar-refractivity contribution in [2.45, 2.75) is 19.4 Å². The second-order valence-corrected chi connectivity index (χ2v) is 3.80. The van der Waals surface area contributed by atoms with Gasteiger partial charge >= 0.3 is 0 Å². The average Bonchev–Trinajstić information content (AvgIpc) is 2.04. The number of aliphatic hydroxyl groups excluding tert-OH is 1. The molecule has 0 radical (unpaired) electrons. The normalized spacial score (nSPS) is 12.2. The van der Waals surface area contributed by atoms with Crippen molar-refractivity contribution in [2.75, 3.05) is 33.9 Å². The van der Waals surface area contributed by atoms with Crippen molar-refractivity contribution in [1.29, 1.82) is 0 Å². The van der Waals surface area contributed by atoms with Gasteiger partial charge in [-0.05, 0) is 20.9 Å². The fourth-order valence-electron chi connectivity index (χ4n) is 0.806. The van der Waals surface area contributed by atoms with E-state index in [2.05, 4.69) is 0 Å². The molecule has 0 heterocycles. The quantitative estimate of drug-likeness (QED) is 0.634. The Kier molecular flexibility index (Phi) is 5.13. The van der Waals surface area contributed by atoms with Gasteiger partial charge in [0.05, 0.1) is 13.2 Å². The second kappa shape index (κ2) is 5.32. The Morgan fingerprint density at radius 1 is 1.54 bits per heavy atom. The van der Waals surface area contributed by atoms with Crippen molar-refractivity contribution in [2.24, 2.45) is 0 Å². The third-order valence-electron chi connectivity index (χ3n) is 2.14. The van der Waals surface area contributed by atoms with E-state index >= 15 is 0 Å². The van der Waals surface area contributed by atoms with Gasteiger partial charge in [-0.15, -0.1) is 0 Å². The van der Waals surface area contributed by atoms with Crippen LogP contribution in [0.2, 0.25) is 0 Å². The molecule has 0 fully saturated rings. The second-order valence-electron chi connectivity index (χ2n) is 3.80. The van der Waals surface area contributed by atoms with Crippen molar-refractivity contribution < 1.29 is 14.6 Å². The molecule has 0 rings (SSSR count). The molecule has 1 N–H and O–H groups in total. The fraction of sp³-hybridized carbons (Fsp3) is 0.889. The van der Waals surface area contributed by atoms with Crippen LogP contribution in [-0.4, -0.2) is 55.2 Å². The number of rotatable bonds is 6. The molecule has 0 bridgehead atoms. The van der Waals surface area contributed by atoms with Gasteiger partial charge in [0.2, 0.25) is 0 Å². The third-order valence-corrected chi connectivity index (χ3v) is 2.14. The molecule has 78 valence electrons. The molecule has 0 saturated carbocycles. The maximum atomic E-state index is 11.2. The van der Waals surface area contributed by atoms with Gasteiger partial charge < -0.3 is 9.84 Å². The fourth-order valence-corrected chi connectivity index (χ4v) is 0.806. The first-order valence-corrected chi connectivity index (χ1v) is 4.26. The highest BCUT2D eigenvalue weighted by Crippen LogP contribution is 2.09. The zero-order valence-electron chi connectivity index (χ0n) is 8.83. The highest BCUT2D eigenvalue weighted by Gasteiger charge is 2.23. The first-order valence-electron chi connectivity index (χ1n) is 4.26. The van der Waals surface area contributed by atoms with E-state index in [1.54, 1.807) is 0 Å². The van der Waals surface area contributed by atoms with E-state index in [9.17, 15) is 4.79 Å². The van der Waals surface area contributed by atoms with Crippen LogP contribution in [0.25, 0.3) is 0 Å². The van der Waals surface area contributed by atoms with E-state index in [1.807, 2.05) is 25.8 Å². The molecular formula is C9H19NO3. The van der Waals surface area contributed by atoms with Crippen molar-refractivity contribution in [1.82, 2.24) is 4.90 Å². The largest absolute Gasteiger partial charge is 0.394 e. The minimum Gasteiger partial charge on any atom is -0.394 e. The van der Waals surface area contributed by atoms with Crippen molar-refractivity contribution in [3.05, 3.63) is 0 Å². The zero-order chi connectivity index (χ0) is 10.5. The van der Waals surface area contributed by atoms with E-state index in [1.165, 1.54) is 7.11 Å². The van der Waals surface area contributed by atoms with Crippen molar-refractivity contribution >= 4 is 5.78 Å². The molecule has 0 aliphatic carbocycles. The van der Waals surface area contributed by atoms with Gasteiger partial charge in [-0.3, -0.25) is 9.69 Å². The maximum absolute atomic E-state index is 11.2. The Hall–Kier alpha value is -0.450. The summed E-state index contributed by atoms with van der Waals surface area (Å²) in [5, 5.41) is 9.02. The minimum atomic E-state index is -0.358. The Bertz CT molecular complexity index is 168. The van der Waals surface area contributed by atoms with Crippen LogP contribution in [0.3, 0.4) is 0 Å². The molecule has 0 aromatic carbocycles. The Labute approximate surface area is 79.5 Å². The highest BCUT2D eigenvalue weighted by molar-refractivity contribution is 5.81. The Morgan fingerprint density at radius 3 is 2.46 bits per heavy atom. The van der Waals surface area contributed by atoms with Gasteiger partial charge in [0.15, 0.2) is 5.78 Å². The number of methoxy groups -OCH3 is 1. The number of hydrogen-bond acceptors (Lipinski definition) is 4. The number of carbonyl (C=O) groups is 1. The molecular weight excluding hydrogens is 170 g/mol. The molecule has 0 aromatic heterocycles. The summed E-state index contributed by atoms with van der Waals surface area (Å²) in [4.78, 5) is 13.0. The van der Waals surface area contributed by atoms with Crippen LogP contribution in [0.1, 0.15) is 13.8 Å². The number of carbonyl (C=O) groups excluding carboxylic acids is 1. The van der Waals surface area contributed by atoms with E-state index in [4.69, 9.17) is 9.84 Å². The summed E-state index contributed by atoms with van der Waals surface area (Å²) < 4.78 is 4.71. The Morgan fingerprint density at radius 2 is 2.08 bits per heavy atom. The lowest BCUT2D eigenvalue weighted by Crippen LogP contribution is -2.47. The van der Waals surface area contributed by atoms with Gasteiger partial charge in [0.1, 0.15) is 6.61 Å². The van der Waals surface area contributed by atoms with Crippen LogP contribution in [-0.2, 0) is 9.53 Å². The molecule has 0 spiro atoms.